The van der Waals surface area contributed by atoms with Crippen LogP contribution in [0.1, 0.15) is 17.0 Å². The molecule has 19 heavy (non-hydrogen) atoms. The van der Waals surface area contributed by atoms with Crippen molar-refractivity contribution in [3.05, 3.63) is 59.4 Å². The maximum Gasteiger partial charge on any atom is 0.146 e. The fourth-order valence-electron chi connectivity index (χ4n) is 2.03. The third kappa shape index (κ3) is 2.60. The Bertz CT molecular complexity index is 698. The largest absolute Gasteiger partial charge is 0.486 e. The fraction of sp³-hybridized carbons (Fsp3) is 0.188. The smallest absolute Gasteiger partial charge is 0.146 e. The van der Waals surface area contributed by atoms with Gasteiger partial charge in [-0.25, -0.2) is 4.98 Å². The van der Waals surface area contributed by atoms with Crippen LogP contribution in [0, 0.1) is 13.8 Å². The van der Waals surface area contributed by atoms with E-state index in [0.29, 0.717) is 6.61 Å². The van der Waals surface area contributed by atoms with Crippen LogP contribution in [0.2, 0.25) is 0 Å². The first-order chi connectivity index (χ1) is 9.20. The summed E-state index contributed by atoms with van der Waals surface area (Å²) in [5.74, 6) is 1.71. The second-order valence-electron chi connectivity index (χ2n) is 4.81. The van der Waals surface area contributed by atoms with Crippen molar-refractivity contribution < 1.29 is 4.74 Å². The zero-order valence-corrected chi connectivity index (χ0v) is 11.1. The molecule has 0 saturated carbocycles. The third-order valence-corrected chi connectivity index (χ3v) is 3.08. The van der Waals surface area contributed by atoms with Crippen LogP contribution >= 0.6 is 0 Å². The Morgan fingerprint density at radius 2 is 1.74 bits per heavy atom. The van der Waals surface area contributed by atoms with Gasteiger partial charge in [-0.3, -0.25) is 0 Å². The summed E-state index contributed by atoms with van der Waals surface area (Å²) >= 11 is 0. The molecule has 1 heterocycles. The van der Waals surface area contributed by atoms with Crippen LogP contribution in [-0.2, 0) is 6.61 Å². The molecule has 0 atom stereocenters. The zero-order valence-electron chi connectivity index (χ0n) is 11.1. The van der Waals surface area contributed by atoms with Crippen LogP contribution < -0.4 is 4.74 Å². The summed E-state index contributed by atoms with van der Waals surface area (Å²) in [5, 5.41) is 0. The van der Waals surface area contributed by atoms with Gasteiger partial charge in [-0.05, 0) is 43.7 Å². The number of ether oxygens (including phenoxy) is 1. The molecule has 0 saturated heterocycles. The first-order valence-corrected chi connectivity index (χ1v) is 6.35. The number of rotatable bonds is 3. The zero-order chi connectivity index (χ0) is 13.2. The van der Waals surface area contributed by atoms with E-state index in [4.69, 9.17) is 4.74 Å². The van der Waals surface area contributed by atoms with Crippen molar-refractivity contribution in [2.45, 2.75) is 20.5 Å². The Kier molecular flexibility index (Phi) is 2.95. The molecule has 3 heteroatoms. The molecule has 1 aromatic heterocycles. The summed E-state index contributed by atoms with van der Waals surface area (Å²) in [5.41, 5.74) is 4.49. The molecule has 2 aromatic carbocycles. The average molecular weight is 252 g/mol. The van der Waals surface area contributed by atoms with E-state index < -0.39 is 0 Å². The van der Waals surface area contributed by atoms with Crippen LogP contribution in [0.4, 0.5) is 0 Å². The minimum atomic E-state index is 0.455. The molecule has 3 nitrogen and oxygen atoms in total. The van der Waals surface area contributed by atoms with Crippen molar-refractivity contribution in [1.29, 1.82) is 0 Å². The Morgan fingerprint density at radius 1 is 1.00 bits per heavy atom. The van der Waals surface area contributed by atoms with E-state index in [2.05, 4.69) is 35.9 Å². The Balaban J connectivity index is 1.76. The molecule has 0 aliphatic carbocycles. The van der Waals surface area contributed by atoms with E-state index >= 15 is 0 Å². The monoisotopic (exact) mass is 252 g/mol. The van der Waals surface area contributed by atoms with E-state index in [1.807, 2.05) is 30.3 Å². The predicted molar refractivity (Wildman–Crippen MR) is 76.3 cm³/mol. The van der Waals surface area contributed by atoms with E-state index in [1.165, 1.54) is 11.1 Å². The number of hydrogen-bond donors (Lipinski definition) is 1. The van der Waals surface area contributed by atoms with Gasteiger partial charge >= 0.3 is 0 Å². The topological polar surface area (TPSA) is 37.9 Å². The molecule has 96 valence electrons. The van der Waals surface area contributed by atoms with Gasteiger partial charge in [-0.15, -0.1) is 0 Å². The molecule has 0 aliphatic heterocycles. The van der Waals surface area contributed by atoms with E-state index in [-0.39, 0.29) is 0 Å². The summed E-state index contributed by atoms with van der Waals surface area (Å²) in [4.78, 5) is 7.79. The number of nitrogens with one attached hydrogen (secondary N) is 1. The summed E-state index contributed by atoms with van der Waals surface area (Å²) in [6.45, 7) is 4.59. The number of imidazole rings is 1. The second-order valence-corrected chi connectivity index (χ2v) is 4.81. The predicted octanol–water partition coefficient (Wildman–Crippen LogP) is 3.76. The highest BCUT2D eigenvalue weighted by molar-refractivity contribution is 5.75. The van der Waals surface area contributed by atoms with Crippen LogP contribution in [0.25, 0.3) is 11.0 Å². The maximum atomic E-state index is 5.71. The molecule has 0 spiro atoms. The second kappa shape index (κ2) is 4.76. The van der Waals surface area contributed by atoms with Gasteiger partial charge in [0.25, 0.3) is 0 Å². The standard InChI is InChI=1S/C16H16N2O/c1-11-3-6-13(7-4-11)19-10-16-17-14-8-5-12(2)9-15(14)18-16/h3-9H,10H2,1-2H3,(H,17,18). The first kappa shape index (κ1) is 11.8. The molecule has 0 amide bonds. The Morgan fingerprint density at radius 3 is 2.53 bits per heavy atom. The van der Waals surface area contributed by atoms with Crippen molar-refractivity contribution in [2.24, 2.45) is 0 Å². The van der Waals surface area contributed by atoms with Crippen molar-refractivity contribution in [3.8, 4) is 5.75 Å². The summed E-state index contributed by atoms with van der Waals surface area (Å²) in [7, 11) is 0. The quantitative estimate of drug-likeness (QED) is 0.770. The highest BCUT2D eigenvalue weighted by Gasteiger charge is 2.03. The molecule has 3 aromatic rings. The number of aryl methyl sites for hydroxylation is 2. The van der Waals surface area contributed by atoms with Crippen LogP contribution in [0.15, 0.2) is 42.5 Å². The molecule has 1 N–H and O–H groups in total. The molecular weight excluding hydrogens is 236 g/mol. The van der Waals surface area contributed by atoms with Gasteiger partial charge in [0.2, 0.25) is 0 Å². The van der Waals surface area contributed by atoms with Crippen LogP contribution in [0.3, 0.4) is 0 Å². The van der Waals surface area contributed by atoms with Gasteiger partial charge in [0.05, 0.1) is 11.0 Å². The number of aromatic amines is 1. The van der Waals surface area contributed by atoms with Crippen LogP contribution in [-0.4, -0.2) is 9.97 Å². The lowest BCUT2D eigenvalue weighted by molar-refractivity contribution is 0.297. The molecular formula is C16H16N2O. The SMILES string of the molecule is Cc1ccc(OCc2nc3ccc(C)cc3[nH]2)cc1. The fourth-order valence-corrected chi connectivity index (χ4v) is 2.03. The lowest BCUT2D eigenvalue weighted by Gasteiger charge is -2.03. The first-order valence-electron chi connectivity index (χ1n) is 6.35. The van der Waals surface area contributed by atoms with Gasteiger partial charge in [-0.1, -0.05) is 23.8 Å². The maximum absolute atomic E-state index is 5.71. The van der Waals surface area contributed by atoms with Crippen molar-refractivity contribution in [1.82, 2.24) is 9.97 Å². The number of nitrogens with zero attached hydrogens (tertiary/aromatic N) is 1. The summed E-state index contributed by atoms with van der Waals surface area (Å²) < 4.78 is 5.71. The Labute approximate surface area is 112 Å². The van der Waals surface area contributed by atoms with Crippen molar-refractivity contribution in [2.75, 3.05) is 0 Å². The van der Waals surface area contributed by atoms with E-state index in [1.54, 1.807) is 0 Å². The van der Waals surface area contributed by atoms with Crippen molar-refractivity contribution >= 4 is 11.0 Å². The van der Waals surface area contributed by atoms with Gasteiger partial charge < -0.3 is 9.72 Å². The summed E-state index contributed by atoms with van der Waals surface area (Å²) in [6.07, 6.45) is 0. The van der Waals surface area contributed by atoms with Crippen molar-refractivity contribution in [3.63, 3.8) is 0 Å². The van der Waals surface area contributed by atoms with Gasteiger partial charge in [0.1, 0.15) is 18.2 Å². The van der Waals surface area contributed by atoms with Crippen LogP contribution in [0.5, 0.6) is 5.75 Å². The minimum Gasteiger partial charge on any atom is -0.486 e. The highest BCUT2D eigenvalue weighted by Crippen LogP contribution is 2.16. The third-order valence-electron chi connectivity index (χ3n) is 3.08. The molecule has 0 aliphatic rings. The van der Waals surface area contributed by atoms with Gasteiger partial charge in [0.15, 0.2) is 0 Å². The molecule has 0 unspecified atom stereocenters. The molecule has 0 fully saturated rings. The van der Waals surface area contributed by atoms with Gasteiger partial charge in [-0.2, -0.15) is 0 Å². The normalized spacial score (nSPS) is 10.8. The lowest BCUT2D eigenvalue weighted by atomic mass is 10.2. The molecule has 0 bridgehead atoms. The Hall–Kier alpha value is -2.29. The lowest BCUT2D eigenvalue weighted by Crippen LogP contribution is -1.97. The number of fused-ring (bicyclic) bond motifs is 1. The average Bonchev–Trinajstić information content (AvgIpc) is 2.80. The van der Waals surface area contributed by atoms with Gasteiger partial charge in [0, 0.05) is 0 Å². The molecule has 3 rings (SSSR count). The number of hydrogen-bond acceptors (Lipinski definition) is 2. The number of H-pyrrole nitrogens is 1. The molecule has 0 radical (unpaired) electrons. The van der Waals surface area contributed by atoms with E-state index in [9.17, 15) is 0 Å². The summed E-state index contributed by atoms with van der Waals surface area (Å²) in [6, 6.07) is 14.2. The van der Waals surface area contributed by atoms with E-state index in [0.717, 1.165) is 22.6 Å². The number of aromatic nitrogens is 2. The highest BCUT2D eigenvalue weighted by atomic mass is 16.5. The minimum absolute atomic E-state index is 0.455. The number of benzene rings is 2.